The third kappa shape index (κ3) is 1.65. The number of aromatic nitrogens is 3. The van der Waals surface area contributed by atoms with Gasteiger partial charge in [-0.1, -0.05) is 0 Å². The molecule has 0 amide bonds. The highest BCUT2D eigenvalue weighted by Crippen LogP contribution is 2.08. The second-order valence-corrected chi connectivity index (χ2v) is 2.94. The fourth-order valence-electron chi connectivity index (χ4n) is 1.27. The van der Waals surface area contributed by atoms with Crippen LogP contribution in [-0.2, 0) is 6.54 Å². The van der Waals surface area contributed by atoms with Crippen LogP contribution in [-0.4, -0.2) is 25.7 Å². The first-order valence-electron chi connectivity index (χ1n) is 4.22. The lowest BCUT2D eigenvalue weighted by atomic mass is 10.3. The largest absolute Gasteiger partial charge is 0.477 e. The molecule has 78 valence electrons. The molecule has 0 radical (unpaired) electrons. The molecule has 0 fully saturated rings. The number of hydrogen-bond acceptors (Lipinski definition) is 5. The molecule has 15 heavy (non-hydrogen) atoms. The molecule has 0 aliphatic rings. The molecule has 0 atom stereocenters. The van der Waals surface area contributed by atoms with E-state index in [9.17, 15) is 4.79 Å². The summed E-state index contributed by atoms with van der Waals surface area (Å²) in [4.78, 5) is 14.7. The van der Waals surface area contributed by atoms with Crippen molar-refractivity contribution >= 4 is 11.6 Å². The van der Waals surface area contributed by atoms with Crippen molar-refractivity contribution in [1.82, 2.24) is 20.0 Å². The maximum absolute atomic E-state index is 10.7. The number of rotatable bonds is 3. The number of hydrogen-bond donors (Lipinski definition) is 3. The summed E-state index contributed by atoms with van der Waals surface area (Å²) in [7, 11) is 0. The highest BCUT2D eigenvalue weighted by Gasteiger charge is 2.09. The molecule has 0 saturated carbocycles. The Kier molecular flexibility index (Phi) is 2.32. The van der Waals surface area contributed by atoms with Crippen molar-refractivity contribution in [2.75, 3.05) is 0 Å². The molecule has 0 aliphatic carbocycles. The van der Waals surface area contributed by atoms with Gasteiger partial charge in [0.1, 0.15) is 0 Å². The van der Waals surface area contributed by atoms with Gasteiger partial charge < -0.3 is 5.11 Å². The summed E-state index contributed by atoms with van der Waals surface area (Å²) >= 11 is 0. The van der Waals surface area contributed by atoms with Gasteiger partial charge in [0.15, 0.2) is 11.3 Å². The second kappa shape index (κ2) is 3.64. The topological polar surface area (TPSA) is 106 Å². The summed E-state index contributed by atoms with van der Waals surface area (Å²) in [6.45, 7) is 0.388. The zero-order valence-electron chi connectivity index (χ0n) is 7.71. The van der Waals surface area contributed by atoms with Crippen LogP contribution in [0.15, 0.2) is 18.5 Å². The zero-order chi connectivity index (χ0) is 10.8. The predicted molar refractivity (Wildman–Crippen MR) is 51.0 cm³/mol. The predicted octanol–water partition coefficient (Wildman–Crippen LogP) is -0.609. The molecule has 7 heteroatoms. The minimum absolute atomic E-state index is 0.0127. The molecule has 0 unspecified atom stereocenters. The van der Waals surface area contributed by atoms with E-state index in [-0.39, 0.29) is 5.69 Å². The Morgan fingerprint density at radius 3 is 3.13 bits per heavy atom. The van der Waals surface area contributed by atoms with Crippen molar-refractivity contribution in [3.8, 4) is 0 Å². The number of carboxylic acids is 1. The Bertz CT molecular complexity index is 507. The molecular formula is C8H9N5O2. The Labute approximate surface area is 84.5 Å². The molecule has 0 spiro atoms. The van der Waals surface area contributed by atoms with Gasteiger partial charge >= 0.3 is 5.97 Å². The van der Waals surface area contributed by atoms with Crippen LogP contribution in [0.5, 0.6) is 0 Å². The SMILES string of the molecule is NNCc1cnn2ccc(C(=O)O)nc12. The summed E-state index contributed by atoms with van der Waals surface area (Å²) in [5.41, 5.74) is 3.70. The summed E-state index contributed by atoms with van der Waals surface area (Å²) in [6.07, 6.45) is 3.14. The number of aromatic carboxylic acids is 1. The van der Waals surface area contributed by atoms with Crippen LogP contribution in [0.2, 0.25) is 0 Å². The lowest BCUT2D eigenvalue weighted by Gasteiger charge is -1.98. The summed E-state index contributed by atoms with van der Waals surface area (Å²) in [6, 6.07) is 1.39. The molecule has 0 aliphatic heterocycles. The van der Waals surface area contributed by atoms with E-state index in [1.54, 1.807) is 12.4 Å². The van der Waals surface area contributed by atoms with Gasteiger partial charge in [0.25, 0.3) is 0 Å². The van der Waals surface area contributed by atoms with Crippen LogP contribution < -0.4 is 11.3 Å². The fraction of sp³-hybridized carbons (Fsp3) is 0.125. The van der Waals surface area contributed by atoms with Crippen LogP contribution in [0.4, 0.5) is 0 Å². The van der Waals surface area contributed by atoms with Crippen molar-refractivity contribution in [2.24, 2.45) is 5.84 Å². The highest BCUT2D eigenvalue weighted by molar-refractivity contribution is 5.85. The number of carboxylic acid groups (broad SMARTS) is 1. The smallest absolute Gasteiger partial charge is 0.354 e. The van der Waals surface area contributed by atoms with Crippen molar-refractivity contribution in [3.63, 3.8) is 0 Å². The average Bonchev–Trinajstić information content (AvgIpc) is 2.61. The van der Waals surface area contributed by atoms with Crippen molar-refractivity contribution < 1.29 is 9.90 Å². The Balaban J connectivity index is 2.56. The van der Waals surface area contributed by atoms with Crippen LogP contribution in [0, 0.1) is 0 Å². The molecule has 2 aromatic heterocycles. The summed E-state index contributed by atoms with van der Waals surface area (Å²) < 4.78 is 1.50. The maximum Gasteiger partial charge on any atom is 0.354 e. The van der Waals surface area contributed by atoms with Crippen LogP contribution in [0.25, 0.3) is 5.65 Å². The number of carbonyl (C=O) groups is 1. The number of nitrogens with one attached hydrogen (secondary N) is 1. The van der Waals surface area contributed by atoms with Crippen molar-refractivity contribution in [2.45, 2.75) is 6.54 Å². The number of fused-ring (bicyclic) bond motifs is 1. The first kappa shape index (κ1) is 9.56. The Hall–Kier alpha value is -1.99. The third-order valence-electron chi connectivity index (χ3n) is 1.95. The van der Waals surface area contributed by atoms with E-state index in [0.29, 0.717) is 12.2 Å². The summed E-state index contributed by atoms with van der Waals surface area (Å²) in [5.74, 6) is 4.11. The van der Waals surface area contributed by atoms with Crippen molar-refractivity contribution in [1.29, 1.82) is 0 Å². The number of nitrogens with zero attached hydrogens (tertiary/aromatic N) is 3. The monoisotopic (exact) mass is 207 g/mol. The fourth-order valence-corrected chi connectivity index (χ4v) is 1.27. The summed E-state index contributed by atoms with van der Waals surface area (Å²) in [5, 5.41) is 12.8. The highest BCUT2D eigenvalue weighted by atomic mass is 16.4. The van der Waals surface area contributed by atoms with Gasteiger partial charge in [-0.15, -0.1) is 0 Å². The molecule has 0 saturated heterocycles. The number of nitrogens with two attached hydrogens (primary N) is 1. The standard InChI is InChI=1S/C8H9N5O2/c9-10-3-5-4-11-13-2-1-6(8(14)15)12-7(5)13/h1-2,4,10H,3,9H2,(H,14,15). The first-order valence-corrected chi connectivity index (χ1v) is 4.22. The third-order valence-corrected chi connectivity index (χ3v) is 1.95. The number of hydrazine groups is 1. The van der Waals surface area contributed by atoms with E-state index in [1.807, 2.05) is 0 Å². The molecule has 2 heterocycles. The van der Waals surface area contributed by atoms with E-state index >= 15 is 0 Å². The second-order valence-electron chi connectivity index (χ2n) is 2.94. The molecular weight excluding hydrogens is 198 g/mol. The normalized spacial score (nSPS) is 10.7. The molecule has 2 aromatic rings. The Morgan fingerprint density at radius 1 is 1.67 bits per heavy atom. The van der Waals surface area contributed by atoms with Gasteiger partial charge in [0, 0.05) is 18.3 Å². The van der Waals surface area contributed by atoms with Gasteiger partial charge in [0.2, 0.25) is 0 Å². The first-order chi connectivity index (χ1) is 7.22. The minimum Gasteiger partial charge on any atom is -0.477 e. The van der Waals surface area contributed by atoms with Gasteiger partial charge in [0.05, 0.1) is 6.20 Å². The van der Waals surface area contributed by atoms with Gasteiger partial charge in [-0.3, -0.25) is 11.3 Å². The maximum atomic E-state index is 10.7. The Morgan fingerprint density at radius 2 is 2.47 bits per heavy atom. The van der Waals surface area contributed by atoms with Gasteiger partial charge in [-0.25, -0.2) is 14.3 Å². The van der Waals surface area contributed by atoms with E-state index in [0.717, 1.165) is 5.56 Å². The average molecular weight is 207 g/mol. The van der Waals surface area contributed by atoms with Crippen LogP contribution >= 0.6 is 0 Å². The lowest BCUT2D eigenvalue weighted by molar-refractivity contribution is 0.0690. The zero-order valence-corrected chi connectivity index (χ0v) is 7.71. The van der Waals surface area contributed by atoms with Gasteiger partial charge in [-0.2, -0.15) is 5.10 Å². The lowest BCUT2D eigenvalue weighted by Crippen LogP contribution is -2.20. The molecule has 0 bridgehead atoms. The van der Waals surface area contributed by atoms with Crippen molar-refractivity contribution in [3.05, 3.63) is 29.7 Å². The van der Waals surface area contributed by atoms with E-state index in [2.05, 4.69) is 15.5 Å². The molecule has 0 aromatic carbocycles. The van der Waals surface area contributed by atoms with E-state index in [4.69, 9.17) is 10.9 Å². The van der Waals surface area contributed by atoms with Crippen LogP contribution in [0.3, 0.4) is 0 Å². The van der Waals surface area contributed by atoms with E-state index < -0.39 is 5.97 Å². The quantitative estimate of drug-likeness (QED) is 0.458. The molecule has 4 N–H and O–H groups in total. The molecule has 2 rings (SSSR count). The minimum atomic E-state index is -1.06. The van der Waals surface area contributed by atoms with Crippen LogP contribution in [0.1, 0.15) is 16.1 Å². The van der Waals surface area contributed by atoms with Gasteiger partial charge in [-0.05, 0) is 6.07 Å². The van der Waals surface area contributed by atoms with E-state index in [1.165, 1.54) is 10.6 Å². The molecule has 7 nitrogen and oxygen atoms in total.